The zero-order valence-electron chi connectivity index (χ0n) is 16.3. The Balaban J connectivity index is 1.67. The van der Waals surface area contributed by atoms with Crippen molar-refractivity contribution < 1.29 is 19.1 Å². The van der Waals surface area contributed by atoms with Crippen LogP contribution in [-0.2, 0) is 0 Å². The third-order valence-corrected chi connectivity index (χ3v) is 4.50. The van der Waals surface area contributed by atoms with E-state index < -0.39 is 5.97 Å². The lowest BCUT2D eigenvalue weighted by molar-refractivity contribution is 0.0729. The van der Waals surface area contributed by atoms with Gasteiger partial charge >= 0.3 is 5.97 Å². The van der Waals surface area contributed by atoms with Gasteiger partial charge in [0.25, 0.3) is 5.91 Å². The number of aryl methyl sites for hydroxylation is 1. The predicted molar refractivity (Wildman–Crippen MR) is 116 cm³/mol. The van der Waals surface area contributed by atoms with Gasteiger partial charge in [0, 0.05) is 16.4 Å². The minimum Gasteiger partial charge on any atom is -0.493 e. The van der Waals surface area contributed by atoms with Gasteiger partial charge in [0.1, 0.15) is 0 Å². The molecule has 0 bridgehead atoms. The van der Waals surface area contributed by atoms with Crippen LogP contribution >= 0.6 is 15.9 Å². The minimum absolute atomic E-state index is 0.273. The zero-order valence-corrected chi connectivity index (χ0v) is 17.8. The van der Waals surface area contributed by atoms with Gasteiger partial charge in [-0.1, -0.05) is 22.0 Å². The third kappa shape index (κ3) is 5.51. The van der Waals surface area contributed by atoms with E-state index in [1.54, 1.807) is 48.5 Å². The van der Waals surface area contributed by atoms with Crippen molar-refractivity contribution in [2.75, 3.05) is 7.11 Å². The molecule has 0 saturated carbocycles. The van der Waals surface area contributed by atoms with E-state index in [1.807, 2.05) is 13.0 Å². The second-order valence-electron chi connectivity index (χ2n) is 6.20. The van der Waals surface area contributed by atoms with Crippen molar-refractivity contribution in [3.8, 4) is 11.5 Å². The van der Waals surface area contributed by atoms with E-state index in [4.69, 9.17) is 9.47 Å². The number of carbonyl (C=O) groups excluding carboxylic acids is 2. The van der Waals surface area contributed by atoms with Crippen LogP contribution in [0.2, 0.25) is 0 Å². The molecule has 3 rings (SSSR count). The highest BCUT2D eigenvalue weighted by Gasteiger charge is 2.13. The molecular formula is C22H18BrN3O4. The predicted octanol–water partition coefficient (Wildman–Crippen LogP) is 4.14. The molecule has 0 saturated heterocycles. The molecule has 1 N–H and O–H groups in total. The molecular weight excluding hydrogens is 450 g/mol. The summed E-state index contributed by atoms with van der Waals surface area (Å²) < 4.78 is 11.5. The van der Waals surface area contributed by atoms with Gasteiger partial charge in [-0.3, -0.25) is 9.78 Å². The maximum atomic E-state index is 12.3. The molecule has 0 aliphatic carbocycles. The zero-order chi connectivity index (χ0) is 21.5. The molecule has 0 fully saturated rings. The highest BCUT2D eigenvalue weighted by molar-refractivity contribution is 9.10. The molecule has 2 aromatic carbocycles. The smallest absolute Gasteiger partial charge is 0.343 e. The molecule has 1 amide bonds. The Kier molecular flexibility index (Phi) is 6.92. The number of halogens is 1. The summed E-state index contributed by atoms with van der Waals surface area (Å²) in [5.74, 6) is -0.244. The SMILES string of the molecule is COc1cc(/C=N\NC(=O)c2ccc(C)nc2)ccc1OC(=O)c1cccc(Br)c1. The topological polar surface area (TPSA) is 89.9 Å². The molecule has 8 heteroatoms. The number of nitrogens with zero attached hydrogens (tertiary/aromatic N) is 2. The number of hydrazone groups is 1. The second kappa shape index (κ2) is 9.80. The molecule has 0 aliphatic heterocycles. The average Bonchev–Trinajstić information content (AvgIpc) is 2.75. The molecule has 0 aliphatic rings. The molecule has 1 aromatic heterocycles. The van der Waals surface area contributed by atoms with Crippen LogP contribution < -0.4 is 14.9 Å². The monoisotopic (exact) mass is 467 g/mol. The van der Waals surface area contributed by atoms with Gasteiger partial charge < -0.3 is 9.47 Å². The number of aromatic nitrogens is 1. The molecule has 30 heavy (non-hydrogen) atoms. The van der Waals surface area contributed by atoms with Crippen LogP contribution in [0.5, 0.6) is 11.5 Å². The second-order valence-corrected chi connectivity index (χ2v) is 7.11. The van der Waals surface area contributed by atoms with Crippen LogP contribution in [0.15, 0.2) is 70.4 Å². The van der Waals surface area contributed by atoms with Crippen LogP contribution in [0.1, 0.15) is 32.0 Å². The Bertz CT molecular complexity index is 1100. The highest BCUT2D eigenvalue weighted by atomic mass is 79.9. The van der Waals surface area contributed by atoms with Crippen molar-refractivity contribution in [1.29, 1.82) is 0 Å². The van der Waals surface area contributed by atoms with Crippen molar-refractivity contribution in [3.63, 3.8) is 0 Å². The molecule has 0 radical (unpaired) electrons. The maximum Gasteiger partial charge on any atom is 0.343 e. The van der Waals surface area contributed by atoms with E-state index in [-0.39, 0.29) is 11.7 Å². The molecule has 152 valence electrons. The number of carbonyl (C=O) groups is 2. The lowest BCUT2D eigenvalue weighted by Gasteiger charge is -2.10. The van der Waals surface area contributed by atoms with Gasteiger partial charge in [-0.05, 0) is 61.0 Å². The normalized spacial score (nSPS) is 10.6. The number of esters is 1. The summed E-state index contributed by atoms with van der Waals surface area (Å²) in [5, 5.41) is 3.94. The standard InChI is InChI=1S/C22H18BrN3O4/c1-14-6-8-17(13-24-14)21(27)26-25-12-15-7-9-19(20(10-15)29-2)30-22(28)16-4-3-5-18(23)11-16/h3-13H,1-2H3,(H,26,27)/b25-12-. The van der Waals surface area contributed by atoms with Crippen LogP contribution in [0.3, 0.4) is 0 Å². The number of methoxy groups -OCH3 is 1. The van der Waals surface area contributed by atoms with E-state index >= 15 is 0 Å². The van der Waals surface area contributed by atoms with Gasteiger partial charge in [-0.25, -0.2) is 10.2 Å². The number of benzene rings is 2. The summed E-state index contributed by atoms with van der Waals surface area (Å²) in [6.07, 6.45) is 2.94. The largest absolute Gasteiger partial charge is 0.493 e. The fourth-order valence-corrected chi connectivity index (χ4v) is 2.85. The van der Waals surface area contributed by atoms with E-state index in [2.05, 4.69) is 31.4 Å². The highest BCUT2D eigenvalue weighted by Crippen LogP contribution is 2.28. The first kappa shape index (κ1) is 21.2. The van der Waals surface area contributed by atoms with E-state index in [1.165, 1.54) is 19.5 Å². The Hall–Kier alpha value is -3.52. The first-order chi connectivity index (χ1) is 14.5. The third-order valence-electron chi connectivity index (χ3n) is 4.00. The first-order valence-electron chi connectivity index (χ1n) is 8.88. The number of pyridine rings is 1. The summed E-state index contributed by atoms with van der Waals surface area (Å²) in [6, 6.07) is 15.2. The summed E-state index contributed by atoms with van der Waals surface area (Å²) in [4.78, 5) is 28.5. The number of hydrogen-bond acceptors (Lipinski definition) is 6. The van der Waals surface area contributed by atoms with Gasteiger partial charge in [0.2, 0.25) is 0 Å². The quantitative estimate of drug-likeness (QED) is 0.254. The summed E-state index contributed by atoms with van der Waals surface area (Å²) >= 11 is 3.33. The molecule has 0 spiro atoms. The number of ether oxygens (including phenoxy) is 2. The molecule has 0 atom stereocenters. The van der Waals surface area contributed by atoms with E-state index in [0.29, 0.717) is 22.4 Å². The van der Waals surface area contributed by atoms with Crippen LogP contribution in [0.4, 0.5) is 0 Å². The number of amides is 1. The van der Waals surface area contributed by atoms with Gasteiger partial charge in [0.05, 0.1) is 24.5 Å². The Morgan fingerprint density at radius 1 is 1.07 bits per heavy atom. The Labute approximate surface area is 181 Å². The van der Waals surface area contributed by atoms with Crippen LogP contribution in [0.25, 0.3) is 0 Å². The van der Waals surface area contributed by atoms with E-state index in [9.17, 15) is 9.59 Å². The van der Waals surface area contributed by atoms with Gasteiger partial charge in [-0.15, -0.1) is 0 Å². The molecule has 7 nitrogen and oxygen atoms in total. The minimum atomic E-state index is -0.505. The van der Waals surface area contributed by atoms with Gasteiger partial charge in [-0.2, -0.15) is 5.10 Å². The number of rotatable bonds is 6. The van der Waals surface area contributed by atoms with Crippen LogP contribution in [0, 0.1) is 6.92 Å². The maximum absolute atomic E-state index is 12.3. The summed E-state index contributed by atoms with van der Waals surface area (Å²) in [6.45, 7) is 1.84. The number of hydrogen-bond donors (Lipinski definition) is 1. The fourth-order valence-electron chi connectivity index (χ4n) is 2.46. The Morgan fingerprint density at radius 2 is 1.90 bits per heavy atom. The molecule has 0 unspecified atom stereocenters. The lowest BCUT2D eigenvalue weighted by Crippen LogP contribution is -2.17. The van der Waals surface area contributed by atoms with Crippen molar-refractivity contribution in [2.24, 2.45) is 5.10 Å². The van der Waals surface area contributed by atoms with Crippen molar-refractivity contribution in [2.45, 2.75) is 6.92 Å². The Morgan fingerprint density at radius 3 is 2.60 bits per heavy atom. The summed E-state index contributed by atoms with van der Waals surface area (Å²) in [7, 11) is 1.47. The van der Waals surface area contributed by atoms with Crippen molar-refractivity contribution in [3.05, 3.63) is 87.7 Å². The molecule has 1 heterocycles. The lowest BCUT2D eigenvalue weighted by atomic mass is 10.2. The van der Waals surface area contributed by atoms with Crippen molar-refractivity contribution >= 4 is 34.0 Å². The van der Waals surface area contributed by atoms with Crippen molar-refractivity contribution in [1.82, 2.24) is 10.4 Å². The molecule has 3 aromatic rings. The van der Waals surface area contributed by atoms with Crippen LogP contribution in [-0.4, -0.2) is 30.2 Å². The van der Waals surface area contributed by atoms with Gasteiger partial charge in [0.15, 0.2) is 11.5 Å². The average molecular weight is 468 g/mol. The number of nitrogens with one attached hydrogen (secondary N) is 1. The first-order valence-corrected chi connectivity index (χ1v) is 9.67. The summed E-state index contributed by atoms with van der Waals surface area (Å²) in [5.41, 5.74) is 4.72. The fraction of sp³-hybridized carbons (Fsp3) is 0.0909. The van der Waals surface area contributed by atoms with E-state index in [0.717, 1.165) is 10.2 Å².